The molecule has 1 aromatic carbocycles. The molecule has 0 aliphatic carbocycles. The summed E-state index contributed by atoms with van der Waals surface area (Å²) in [6.45, 7) is 4.01. The Morgan fingerprint density at radius 3 is 2.92 bits per heavy atom. The number of benzene rings is 1. The zero-order chi connectivity index (χ0) is 18.9. The third-order valence-corrected chi connectivity index (χ3v) is 6.69. The molecule has 0 spiro atoms. The van der Waals surface area contributed by atoms with Gasteiger partial charge in [-0.05, 0) is 32.3 Å². The number of fused-ring (bicyclic) bond motifs is 1. The molecule has 26 heavy (non-hydrogen) atoms. The van der Waals surface area contributed by atoms with Gasteiger partial charge in [0.15, 0.2) is 0 Å². The van der Waals surface area contributed by atoms with Crippen LogP contribution in [0.4, 0.5) is 0 Å². The van der Waals surface area contributed by atoms with Crippen LogP contribution in [0.2, 0.25) is 0 Å². The van der Waals surface area contributed by atoms with Gasteiger partial charge in [0.25, 0.3) is 0 Å². The number of carbonyl (C=O) groups is 3. The molecule has 2 heterocycles. The summed E-state index contributed by atoms with van der Waals surface area (Å²) in [6, 6.07) is 7.21. The maximum Gasteiger partial charge on any atom is 0.308 e. The fourth-order valence-electron chi connectivity index (χ4n) is 3.73. The van der Waals surface area contributed by atoms with Crippen LogP contribution >= 0.6 is 11.8 Å². The molecule has 2 amide bonds. The van der Waals surface area contributed by atoms with Crippen molar-refractivity contribution in [3.63, 3.8) is 0 Å². The first kappa shape index (κ1) is 18.8. The molecular weight excluding hydrogens is 352 g/mol. The molecule has 140 valence electrons. The van der Waals surface area contributed by atoms with Crippen LogP contribution in [0.15, 0.2) is 24.3 Å². The van der Waals surface area contributed by atoms with Crippen molar-refractivity contribution in [2.45, 2.75) is 44.0 Å². The summed E-state index contributed by atoms with van der Waals surface area (Å²) in [7, 11) is 0. The van der Waals surface area contributed by atoms with Crippen LogP contribution in [0.3, 0.4) is 0 Å². The van der Waals surface area contributed by atoms with E-state index < -0.39 is 17.9 Å². The van der Waals surface area contributed by atoms with Crippen LogP contribution in [0.5, 0.6) is 0 Å². The summed E-state index contributed by atoms with van der Waals surface area (Å²) in [5.74, 6) is -1.33. The van der Waals surface area contributed by atoms with Crippen molar-refractivity contribution in [1.29, 1.82) is 0 Å². The molecule has 0 bridgehead atoms. The van der Waals surface area contributed by atoms with E-state index in [1.807, 2.05) is 38.1 Å². The van der Waals surface area contributed by atoms with E-state index in [-0.39, 0.29) is 23.2 Å². The molecule has 2 fully saturated rings. The van der Waals surface area contributed by atoms with E-state index in [1.165, 1.54) is 0 Å². The molecule has 7 heteroatoms. The fraction of sp³-hybridized carbons (Fsp3) is 0.526. The van der Waals surface area contributed by atoms with Gasteiger partial charge in [0.1, 0.15) is 6.04 Å². The average Bonchev–Trinajstić information content (AvgIpc) is 3.07. The predicted octanol–water partition coefficient (Wildman–Crippen LogP) is 1.81. The van der Waals surface area contributed by atoms with Gasteiger partial charge in [0, 0.05) is 18.7 Å². The first-order valence-electron chi connectivity index (χ1n) is 8.82. The summed E-state index contributed by atoms with van der Waals surface area (Å²) in [5.41, 5.74) is 2.01. The lowest BCUT2D eigenvalue weighted by molar-refractivity contribution is -0.142. The van der Waals surface area contributed by atoms with E-state index in [0.29, 0.717) is 18.6 Å². The van der Waals surface area contributed by atoms with Crippen molar-refractivity contribution in [2.24, 2.45) is 5.92 Å². The molecule has 0 unspecified atom stereocenters. The Labute approximate surface area is 157 Å². The van der Waals surface area contributed by atoms with Crippen molar-refractivity contribution < 1.29 is 19.5 Å². The van der Waals surface area contributed by atoms with Crippen molar-refractivity contribution in [3.05, 3.63) is 35.4 Å². The van der Waals surface area contributed by atoms with E-state index in [1.54, 1.807) is 16.7 Å². The van der Waals surface area contributed by atoms with Crippen molar-refractivity contribution in [2.75, 3.05) is 12.3 Å². The van der Waals surface area contributed by atoms with Crippen LogP contribution in [-0.4, -0.2) is 51.0 Å². The Balaban J connectivity index is 1.61. The second kappa shape index (κ2) is 7.31. The van der Waals surface area contributed by atoms with Crippen molar-refractivity contribution in [1.82, 2.24) is 10.2 Å². The van der Waals surface area contributed by atoms with Gasteiger partial charge >= 0.3 is 5.97 Å². The van der Waals surface area contributed by atoms with Gasteiger partial charge < -0.3 is 15.3 Å². The van der Waals surface area contributed by atoms with E-state index in [0.717, 1.165) is 17.5 Å². The van der Waals surface area contributed by atoms with Crippen LogP contribution in [0.25, 0.3) is 0 Å². The zero-order valence-corrected chi connectivity index (χ0v) is 15.8. The third kappa shape index (κ3) is 3.72. The molecule has 0 aromatic heterocycles. The lowest BCUT2D eigenvalue weighted by Gasteiger charge is -2.30. The van der Waals surface area contributed by atoms with Crippen LogP contribution in [-0.2, 0) is 20.8 Å². The molecule has 0 saturated carbocycles. The van der Waals surface area contributed by atoms with Crippen LogP contribution in [0.1, 0.15) is 30.9 Å². The van der Waals surface area contributed by atoms with Gasteiger partial charge in [-0.1, -0.05) is 29.8 Å². The lowest BCUT2D eigenvalue weighted by atomic mass is 9.98. The maximum atomic E-state index is 12.6. The van der Waals surface area contributed by atoms with Crippen LogP contribution in [0, 0.1) is 12.8 Å². The molecule has 2 N–H and O–H groups in total. The molecule has 0 radical (unpaired) electrons. The number of rotatable bonds is 6. The number of carbonyl (C=O) groups excluding carboxylic acids is 2. The Morgan fingerprint density at radius 1 is 1.46 bits per heavy atom. The predicted molar refractivity (Wildman–Crippen MR) is 99.7 cm³/mol. The standard InChI is InChI=1S/C19H24N2O4S/c1-12-4-3-5-13(8-12)9-14(18(24)25)10-20-17(23)15-11-26-19(2)7-6-16(22)21(15)19/h3-5,8,14-15H,6-7,9-11H2,1-2H3,(H,20,23)(H,24,25)/t14-,15-,19+/m1/s1. The van der Waals surface area contributed by atoms with E-state index in [4.69, 9.17) is 0 Å². The topological polar surface area (TPSA) is 86.7 Å². The maximum absolute atomic E-state index is 12.6. The molecular formula is C19H24N2O4S. The highest BCUT2D eigenvalue weighted by atomic mass is 32.2. The van der Waals surface area contributed by atoms with Gasteiger partial charge in [0.05, 0.1) is 10.8 Å². The van der Waals surface area contributed by atoms with Gasteiger partial charge in [-0.3, -0.25) is 14.4 Å². The normalized spacial score (nSPS) is 25.8. The Kier molecular flexibility index (Phi) is 5.27. The summed E-state index contributed by atoms with van der Waals surface area (Å²) in [6.07, 6.45) is 1.58. The second-order valence-corrected chi connectivity index (χ2v) is 8.74. The number of carboxylic acid groups (broad SMARTS) is 1. The van der Waals surface area contributed by atoms with Gasteiger partial charge in [0.2, 0.25) is 11.8 Å². The molecule has 6 nitrogen and oxygen atoms in total. The summed E-state index contributed by atoms with van der Waals surface area (Å²) in [5, 5.41) is 12.3. The Morgan fingerprint density at radius 2 is 2.23 bits per heavy atom. The van der Waals surface area contributed by atoms with Crippen molar-refractivity contribution >= 4 is 29.5 Å². The van der Waals surface area contributed by atoms with E-state index in [2.05, 4.69) is 5.32 Å². The Hall–Kier alpha value is -2.02. The number of amides is 2. The molecule has 2 aliphatic heterocycles. The zero-order valence-electron chi connectivity index (χ0n) is 15.0. The summed E-state index contributed by atoms with van der Waals surface area (Å²) < 4.78 is 0. The highest BCUT2D eigenvalue weighted by Crippen LogP contribution is 2.47. The average molecular weight is 376 g/mol. The highest BCUT2D eigenvalue weighted by molar-refractivity contribution is 8.01. The van der Waals surface area contributed by atoms with Gasteiger partial charge in [-0.2, -0.15) is 0 Å². The quantitative estimate of drug-likeness (QED) is 0.791. The molecule has 1 aromatic rings. The van der Waals surface area contributed by atoms with Gasteiger partial charge in [-0.25, -0.2) is 0 Å². The summed E-state index contributed by atoms with van der Waals surface area (Å²) >= 11 is 1.63. The van der Waals surface area contributed by atoms with E-state index >= 15 is 0 Å². The van der Waals surface area contributed by atoms with Crippen LogP contribution < -0.4 is 5.32 Å². The highest BCUT2D eigenvalue weighted by Gasteiger charge is 2.52. The van der Waals surface area contributed by atoms with Crippen molar-refractivity contribution in [3.8, 4) is 0 Å². The first-order chi connectivity index (χ1) is 12.3. The minimum Gasteiger partial charge on any atom is -0.481 e. The molecule has 3 rings (SSSR count). The first-order valence-corrected chi connectivity index (χ1v) is 9.81. The number of thioether (sulfide) groups is 1. The number of aryl methyl sites for hydroxylation is 1. The monoisotopic (exact) mass is 376 g/mol. The van der Waals surface area contributed by atoms with Gasteiger partial charge in [-0.15, -0.1) is 11.8 Å². The molecule has 3 atom stereocenters. The Bertz CT molecular complexity index is 738. The number of hydrogen-bond donors (Lipinski definition) is 2. The summed E-state index contributed by atoms with van der Waals surface area (Å²) in [4.78, 5) is 37.7. The lowest BCUT2D eigenvalue weighted by Crippen LogP contribution is -2.51. The molecule has 2 saturated heterocycles. The minimum absolute atomic E-state index is 0.00666. The smallest absolute Gasteiger partial charge is 0.308 e. The largest absolute Gasteiger partial charge is 0.481 e. The minimum atomic E-state index is -0.935. The number of nitrogens with zero attached hydrogens (tertiary/aromatic N) is 1. The number of carboxylic acids is 1. The number of hydrogen-bond acceptors (Lipinski definition) is 4. The van der Waals surface area contributed by atoms with E-state index in [9.17, 15) is 19.5 Å². The second-order valence-electron chi connectivity index (χ2n) is 7.24. The third-order valence-electron chi connectivity index (χ3n) is 5.18. The molecule has 2 aliphatic rings. The fourth-order valence-corrected chi connectivity index (χ4v) is 5.16. The SMILES string of the molecule is Cc1cccc(C[C@H](CNC(=O)[C@H]2CS[C@@]3(C)CCC(=O)N23)C(=O)O)c1. The number of aliphatic carboxylic acids is 1. The number of nitrogens with one attached hydrogen (secondary N) is 1.